The smallest absolute Gasteiger partial charge is 0.310 e. The van der Waals surface area contributed by atoms with Gasteiger partial charge in [0.1, 0.15) is 61.0 Å². The van der Waals surface area contributed by atoms with Crippen molar-refractivity contribution < 1.29 is 89.4 Å². The van der Waals surface area contributed by atoms with Gasteiger partial charge in [0.05, 0.1) is 37.4 Å². The topological polar surface area (TPSA) is 295 Å². The third kappa shape index (κ3) is 7.71. The Labute approximate surface area is 380 Å². The number of aliphatic hydroxyl groups is 10. The Morgan fingerprint density at radius 2 is 1.35 bits per heavy atom. The highest BCUT2D eigenvalue weighted by atomic mass is 16.8. The second-order valence-electron chi connectivity index (χ2n) is 22.7. The summed E-state index contributed by atoms with van der Waals surface area (Å²) in [5, 5.41) is 118. The molecule has 8 aliphatic rings. The first-order valence-electron chi connectivity index (χ1n) is 23.9. The van der Waals surface area contributed by atoms with Crippen molar-refractivity contribution >= 4 is 5.97 Å². The Kier molecular flexibility index (Phi) is 13.7. The number of aliphatic hydroxyl groups excluding tert-OH is 10. The molecule has 11 N–H and O–H groups in total. The fraction of sp³-hybridized carbons (Fsp3) is 0.936. The molecule has 4 saturated carbocycles. The van der Waals surface area contributed by atoms with Crippen LogP contribution < -0.4 is 0 Å². The van der Waals surface area contributed by atoms with Crippen LogP contribution in [0.5, 0.6) is 0 Å². The molecule has 8 rings (SSSR count). The molecule has 0 spiro atoms. The molecule has 0 aromatic heterocycles. The van der Waals surface area contributed by atoms with E-state index in [0.717, 1.165) is 25.7 Å². The Bertz CT molecular complexity index is 1770. The largest absolute Gasteiger partial charge is 0.481 e. The van der Waals surface area contributed by atoms with Gasteiger partial charge in [-0.1, -0.05) is 46.3 Å². The van der Waals surface area contributed by atoms with Gasteiger partial charge in [-0.2, -0.15) is 0 Å². The third-order valence-electron chi connectivity index (χ3n) is 19.3. The number of allylic oxidation sites excluding steroid dienone is 2. The summed E-state index contributed by atoms with van der Waals surface area (Å²) in [5.74, 6) is -0.786. The molecule has 0 aromatic rings. The van der Waals surface area contributed by atoms with Gasteiger partial charge in [0.15, 0.2) is 18.9 Å². The maximum Gasteiger partial charge on any atom is 0.310 e. The average molecular weight is 929 g/mol. The first-order valence-corrected chi connectivity index (χ1v) is 23.9. The Hall–Kier alpha value is -1.43. The fourth-order valence-electron chi connectivity index (χ4n) is 14.9. The lowest BCUT2D eigenvalue weighted by atomic mass is 9.33. The molecule has 18 heteroatoms. The molecule has 3 heterocycles. The molecule has 0 radical (unpaired) electrons. The van der Waals surface area contributed by atoms with Crippen LogP contribution >= 0.6 is 0 Å². The number of hydrogen-bond acceptors (Lipinski definition) is 17. The van der Waals surface area contributed by atoms with Crippen LogP contribution in [0.3, 0.4) is 0 Å². The van der Waals surface area contributed by atoms with E-state index in [1.54, 1.807) is 0 Å². The Morgan fingerprint density at radius 1 is 0.708 bits per heavy atom. The fourth-order valence-corrected chi connectivity index (χ4v) is 14.9. The van der Waals surface area contributed by atoms with Crippen LogP contribution in [0.25, 0.3) is 0 Å². The molecule has 24 atom stereocenters. The number of aliphatic carboxylic acids is 1. The van der Waals surface area contributed by atoms with Crippen LogP contribution in [0.1, 0.15) is 106 Å². The van der Waals surface area contributed by atoms with Crippen LogP contribution in [0, 0.1) is 50.2 Å². The highest BCUT2D eigenvalue weighted by Gasteiger charge is 2.70. The minimum absolute atomic E-state index is 0.0138. The van der Waals surface area contributed by atoms with Crippen molar-refractivity contribution in [3.63, 3.8) is 0 Å². The monoisotopic (exact) mass is 929 g/mol. The zero-order valence-electron chi connectivity index (χ0n) is 38.6. The number of carboxylic acid groups (broad SMARTS) is 1. The van der Waals surface area contributed by atoms with E-state index >= 15 is 0 Å². The summed E-state index contributed by atoms with van der Waals surface area (Å²) in [6.07, 6.45) is -13.4. The molecule has 5 aliphatic carbocycles. The third-order valence-corrected chi connectivity index (χ3v) is 19.3. The van der Waals surface area contributed by atoms with Crippen molar-refractivity contribution in [3.8, 4) is 0 Å². The quantitative estimate of drug-likeness (QED) is 0.104. The summed E-state index contributed by atoms with van der Waals surface area (Å²) in [6.45, 7) is 11.3. The lowest BCUT2D eigenvalue weighted by molar-refractivity contribution is -0.388. The first kappa shape index (κ1) is 50.0. The van der Waals surface area contributed by atoms with Gasteiger partial charge in [-0.3, -0.25) is 4.79 Å². The van der Waals surface area contributed by atoms with Gasteiger partial charge in [-0.25, -0.2) is 0 Å². The van der Waals surface area contributed by atoms with E-state index in [0.29, 0.717) is 38.5 Å². The number of hydrogen-bond donors (Lipinski definition) is 11. The molecule has 0 amide bonds. The Morgan fingerprint density at radius 3 is 2.00 bits per heavy atom. The summed E-state index contributed by atoms with van der Waals surface area (Å²) in [5.41, 5.74) is -1.60. The van der Waals surface area contributed by atoms with Crippen LogP contribution in [-0.4, -0.2) is 181 Å². The second kappa shape index (κ2) is 17.8. The summed E-state index contributed by atoms with van der Waals surface area (Å²) in [6, 6.07) is 0. The SMILES string of the molecule is C[C@@H]1O[C@@H](O[C@H]2[C@H](O[C@H]3CC[C@@]4(C)[C@@H](CC[C@]5(C)[C@@H]4CC=C4[C@@H]6C[C@](C)(CO)CC[C@]6(C(=O)O)CC[C@]45C)[C@]3(C)CO)OC[C@H](O)[C@@H]2O[C@@H]2O[C@H](CO)[C@@H](O)[C@H](O)[C@H]2O)[C@H](O)[C@H](O)[C@H]1O. The van der Waals surface area contributed by atoms with Crippen LogP contribution in [-0.2, 0) is 33.2 Å². The molecule has 3 saturated heterocycles. The van der Waals surface area contributed by atoms with Crippen LogP contribution in [0.2, 0.25) is 0 Å². The van der Waals surface area contributed by atoms with Crippen LogP contribution in [0.4, 0.5) is 0 Å². The molecule has 18 nitrogen and oxygen atoms in total. The zero-order chi connectivity index (χ0) is 47.4. The predicted molar refractivity (Wildman–Crippen MR) is 226 cm³/mol. The molecule has 372 valence electrons. The van der Waals surface area contributed by atoms with Gasteiger partial charge in [-0.05, 0) is 111 Å². The average Bonchev–Trinajstić information content (AvgIpc) is 3.27. The van der Waals surface area contributed by atoms with E-state index in [2.05, 4.69) is 33.8 Å². The van der Waals surface area contributed by atoms with E-state index in [9.17, 15) is 61.0 Å². The van der Waals surface area contributed by atoms with E-state index in [1.807, 2.05) is 6.92 Å². The zero-order valence-corrected chi connectivity index (χ0v) is 38.6. The van der Waals surface area contributed by atoms with Crippen LogP contribution in [0.15, 0.2) is 11.6 Å². The Balaban J connectivity index is 1.08. The second-order valence-corrected chi connectivity index (χ2v) is 22.7. The molecule has 0 bridgehead atoms. The number of rotatable bonds is 10. The molecular formula is C47H76O18. The first-order chi connectivity index (χ1) is 30.5. The van der Waals surface area contributed by atoms with Gasteiger partial charge in [-0.15, -0.1) is 0 Å². The molecule has 65 heavy (non-hydrogen) atoms. The maximum absolute atomic E-state index is 13.2. The van der Waals surface area contributed by atoms with Crippen molar-refractivity contribution in [2.75, 3.05) is 26.4 Å². The number of carboxylic acids is 1. The minimum atomic E-state index is -1.84. The number of ether oxygens (including phenoxy) is 6. The van der Waals surface area contributed by atoms with Crippen molar-refractivity contribution in [2.45, 2.75) is 198 Å². The van der Waals surface area contributed by atoms with Crippen molar-refractivity contribution in [1.29, 1.82) is 0 Å². The number of carbonyl (C=O) groups is 1. The minimum Gasteiger partial charge on any atom is -0.481 e. The molecule has 0 aromatic carbocycles. The highest BCUT2D eigenvalue weighted by molar-refractivity contribution is 5.76. The van der Waals surface area contributed by atoms with E-state index in [1.165, 1.54) is 12.5 Å². The van der Waals surface area contributed by atoms with Gasteiger partial charge < -0.3 is 84.6 Å². The van der Waals surface area contributed by atoms with E-state index in [-0.39, 0.29) is 59.2 Å². The summed E-state index contributed by atoms with van der Waals surface area (Å²) >= 11 is 0. The van der Waals surface area contributed by atoms with Gasteiger partial charge in [0.2, 0.25) is 0 Å². The summed E-state index contributed by atoms with van der Waals surface area (Å²) in [4.78, 5) is 13.2. The van der Waals surface area contributed by atoms with Gasteiger partial charge in [0.25, 0.3) is 0 Å². The van der Waals surface area contributed by atoms with E-state index in [4.69, 9.17) is 28.4 Å². The predicted octanol–water partition coefficient (Wildman–Crippen LogP) is 0.318. The lowest BCUT2D eigenvalue weighted by Crippen LogP contribution is -2.67. The molecule has 7 fully saturated rings. The standard InChI is InChI=1S/C47H76O18/c1-22-30(52)32(54)34(56)38(61-22)65-37-36(64-39-35(57)33(55)31(53)26(18-48)62-39)25(51)19-60-40(37)63-29-10-11-43(3)27(44(29,4)21-50)9-12-46(6)28(43)8-7-23-24-17-42(2,20-49)13-15-47(24,41(58)59)16-14-45(23,46)5/h7,22,24-40,48-57H,8-21H2,1-6H3,(H,58,59)/t22-,24-,25-,26+,27+,28+,29-,30-,31+,32+,33-,34+,35+,36-,37+,38-,39-,40-,42+,43-,44-,45+,46+,47-/m0/s1. The number of fused-ring (bicyclic) bond motifs is 7. The van der Waals surface area contributed by atoms with Gasteiger partial charge in [0, 0.05) is 12.0 Å². The van der Waals surface area contributed by atoms with Crippen molar-refractivity contribution in [2.24, 2.45) is 50.2 Å². The summed E-state index contributed by atoms with van der Waals surface area (Å²) in [7, 11) is 0. The van der Waals surface area contributed by atoms with E-state index < -0.39 is 116 Å². The normalized spacial score (nSPS) is 55.8. The van der Waals surface area contributed by atoms with Gasteiger partial charge >= 0.3 is 5.97 Å². The lowest BCUT2D eigenvalue weighted by Gasteiger charge is -2.71. The van der Waals surface area contributed by atoms with Crippen molar-refractivity contribution in [1.82, 2.24) is 0 Å². The molecule has 3 aliphatic heterocycles. The summed E-state index contributed by atoms with van der Waals surface area (Å²) < 4.78 is 36.9. The highest BCUT2D eigenvalue weighted by Crippen LogP contribution is 2.76. The maximum atomic E-state index is 13.2. The molecular weight excluding hydrogens is 852 g/mol. The molecule has 0 unspecified atom stereocenters. The van der Waals surface area contributed by atoms with Crippen molar-refractivity contribution in [3.05, 3.63) is 11.6 Å².